The predicted molar refractivity (Wildman–Crippen MR) is 33.5 cm³/mol. The van der Waals surface area contributed by atoms with Crippen molar-refractivity contribution in [3.8, 4) is 0 Å². The molecule has 0 aromatic carbocycles. The molecule has 0 spiro atoms. The van der Waals surface area contributed by atoms with Crippen LogP contribution >= 0.6 is 0 Å². The Morgan fingerprint density at radius 1 is 1.40 bits per heavy atom. The Labute approximate surface area is 58.5 Å². The van der Waals surface area contributed by atoms with Crippen LogP contribution in [-0.4, -0.2) is 28.1 Å². The van der Waals surface area contributed by atoms with Gasteiger partial charge in [0.25, 0.3) is 0 Å². The van der Waals surface area contributed by atoms with Crippen LogP contribution in [0.15, 0.2) is 0 Å². The van der Waals surface area contributed by atoms with Crippen molar-refractivity contribution in [2.75, 3.05) is 0 Å². The first-order chi connectivity index (χ1) is 4.46. The second-order valence-electron chi connectivity index (χ2n) is 2.18. The summed E-state index contributed by atoms with van der Waals surface area (Å²) in [5.41, 5.74) is 0. The molecule has 2 atom stereocenters. The van der Waals surface area contributed by atoms with Gasteiger partial charge in [0.05, 0.1) is 5.92 Å². The summed E-state index contributed by atoms with van der Waals surface area (Å²) in [6.07, 6.45) is -1.57. The lowest BCUT2D eigenvalue weighted by Crippen LogP contribution is -2.31. The van der Waals surface area contributed by atoms with Crippen molar-refractivity contribution in [3.05, 3.63) is 0 Å². The minimum atomic E-state index is -1.57. The number of aliphatic hydroxyl groups excluding tert-OH is 1. The van der Waals surface area contributed by atoms with Crippen molar-refractivity contribution >= 4 is 11.8 Å². The summed E-state index contributed by atoms with van der Waals surface area (Å²) in [7, 11) is 0. The number of aliphatic carboxylic acids is 1. The van der Waals surface area contributed by atoms with E-state index in [9.17, 15) is 9.59 Å². The average molecular weight is 146 g/mol. The minimum Gasteiger partial charge on any atom is -0.479 e. The molecule has 0 aliphatic heterocycles. The Balaban J connectivity index is 4.07. The molecule has 0 aliphatic rings. The van der Waals surface area contributed by atoms with E-state index in [1.165, 1.54) is 13.8 Å². The molecule has 0 unspecified atom stereocenters. The molecular formula is C6H10O4. The maximum Gasteiger partial charge on any atom is 0.333 e. The van der Waals surface area contributed by atoms with E-state index in [2.05, 4.69) is 0 Å². The highest BCUT2D eigenvalue weighted by molar-refractivity contribution is 5.85. The van der Waals surface area contributed by atoms with Gasteiger partial charge in [-0.05, 0) is 6.92 Å². The van der Waals surface area contributed by atoms with Crippen molar-refractivity contribution in [2.45, 2.75) is 20.0 Å². The number of hydrogen-bond acceptors (Lipinski definition) is 3. The van der Waals surface area contributed by atoms with E-state index in [1.54, 1.807) is 0 Å². The first-order valence-corrected chi connectivity index (χ1v) is 2.88. The SMILES string of the molecule is CC(=O)[C@H](C)[C@@H](O)C(=O)O. The maximum absolute atomic E-state index is 10.5. The standard InChI is InChI=1S/C6H10O4/c1-3(4(2)7)5(8)6(9)10/h3,5,8H,1-2H3,(H,9,10)/t3-,5+/m0/s1. The number of carboxylic acid groups (broad SMARTS) is 1. The Bertz CT molecular complexity index is 134. The summed E-state index contributed by atoms with van der Waals surface area (Å²) in [6, 6.07) is 0. The topological polar surface area (TPSA) is 74.6 Å². The fourth-order valence-electron chi connectivity index (χ4n) is 0.436. The van der Waals surface area contributed by atoms with Gasteiger partial charge in [-0.25, -0.2) is 4.79 Å². The predicted octanol–water partition coefficient (Wildman–Crippen LogP) is -0.343. The van der Waals surface area contributed by atoms with E-state index < -0.39 is 18.0 Å². The summed E-state index contributed by atoms with van der Waals surface area (Å²) in [5, 5.41) is 16.9. The molecule has 0 aromatic rings. The lowest BCUT2D eigenvalue weighted by atomic mass is 10.0. The molecule has 4 nitrogen and oxygen atoms in total. The zero-order valence-electron chi connectivity index (χ0n) is 5.87. The van der Waals surface area contributed by atoms with Gasteiger partial charge in [-0.2, -0.15) is 0 Å². The van der Waals surface area contributed by atoms with E-state index in [0.717, 1.165) is 0 Å². The maximum atomic E-state index is 10.5. The molecule has 2 N–H and O–H groups in total. The third-order valence-corrected chi connectivity index (χ3v) is 1.37. The lowest BCUT2D eigenvalue weighted by Gasteiger charge is -2.09. The molecular weight excluding hydrogens is 136 g/mol. The van der Waals surface area contributed by atoms with E-state index in [0.29, 0.717) is 0 Å². The van der Waals surface area contributed by atoms with Crippen LogP contribution in [0, 0.1) is 5.92 Å². The molecule has 0 rings (SSSR count). The number of carbonyl (C=O) groups is 2. The summed E-state index contributed by atoms with van der Waals surface area (Å²) in [4.78, 5) is 20.5. The third-order valence-electron chi connectivity index (χ3n) is 1.37. The highest BCUT2D eigenvalue weighted by Crippen LogP contribution is 2.03. The summed E-state index contributed by atoms with van der Waals surface area (Å²) in [5.74, 6) is -2.50. The fourth-order valence-corrected chi connectivity index (χ4v) is 0.436. The van der Waals surface area contributed by atoms with Gasteiger partial charge in [0, 0.05) is 0 Å². The molecule has 0 aromatic heterocycles. The fraction of sp³-hybridized carbons (Fsp3) is 0.667. The van der Waals surface area contributed by atoms with Crippen molar-refractivity contribution in [1.82, 2.24) is 0 Å². The molecule has 10 heavy (non-hydrogen) atoms. The van der Waals surface area contributed by atoms with Crippen molar-refractivity contribution in [2.24, 2.45) is 5.92 Å². The van der Waals surface area contributed by atoms with Crippen molar-refractivity contribution in [1.29, 1.82) is 0 Å². The molecule has 0 aliphatic carbocycles. The van der Waals surface area contributed by atoms with Crippen LogP contribution in [0.1, 0.15) is 13.8 Å². The monoisotopic (exact) mass is 146 g/mol. The van der Waals surface area contributed by atoms with Crippen molar-refractivity contribution < 1.29 is 19.8 Å². The number of ketones is 1. The molecule has 4 heteroatoms. The molecule has 0 heterocycles. The van der Waals surface area contributed by atoms with E-state index >= 15 is 0 Å². The lowest BCUT2D eigenvalue weighted by molar-refractivity contribution is -0.152. The molecule has 0 fully saturated rings. The quantitative estimate of drug-likeness (QED) is 0.571. The number of Topliss-reactive ketones (excluding diaryl/α,β-unsaturated/α-hetero) is 1. The van der Waals surface area contributed by atoms with E-state index in [1.807, 2.05) is 0 Å². The van der Waals surface area contributed by atoms with Gasteiger partial charge in [-0.3, -0.25) is 4.79 Å². The highest BCUT2D eigenvalue weighted by atomic mass is 16.4. The molecule has 0 bridgehead atoms. The summed E-state index contributed by atoms with van der Waals surface area (Å²) < 4.78 is 0. The Morgan fingerprint density at radius 3 is 1.90 bits per heavy atom. The highest BCUT2D eigenvalue weighted by Gasteiger charge is 2.24. The number of carboxylic acids is 1. The van der Waals surface area contributed by atoms with Crippen LogP contribution in [0.4, 0.5) is 0 Å². The van der Waals surface area contributed by atoms with Gasteiger partial charge in [-0.1, -0.05) is 6.92 Å². The Kier molecular flexibility index (Phi) is 3.02. The number of carbonyl (C=O) groups excluding carboxylic acids is 1. The Morgan fingerprint density at radius 2 is 1.80 bits per heavy atom. The van der Waals surface area contributed by atoms with Gasteiger partial charge in [0.2, 0.25) is 0 Å². The second-order valence-corrected chi connectivity index (χ2v) is 2.18. The van der Waals surface area contributed by atoms with Gasteiger partial charge >= 0.3 is 5.97 Å². The molecule has 0 radical (unpaired) electrons. The first-order valence-electron chi connectivity index (χ1n) is 2.88. The Hall–Kier alpha value is -0.900. The largest absolute Gasteiger partial charge is 0.479 e. The first kappa shape index (κ1) is 9.10. The van der Waals surface area contributed by atoms with Crippen LogP contribution in [0.25, 0.3) is 0 Å². The van der Waals surface area contributed by atoms with Crippen LogP contribution in [0.5, 0.6) is 0 Å². The van der Waals surface area contributed by atoms with Gasteiger partial charge in [0.15, 0.2) is 6.10 Å². The van der Waals surface area contributed by atoms with Gasteiger partial charge < -0.3 is 10.2 Å². The van der Waals surface area contributed by atoms with Gasteiger partial charge in [0.1, 0.15) is 5.78 Å². The molecule has 0 saturated carbocycles. The summed E-state index contributed by atoms with van der Waals surface area (Å²) >= 11 is 0. The summed E-state index contributed by atoms with van der Waals surface area (Å²) in [6.45, 7) is 2.62. The average Bonchev–Trinajstić information content (AvgIpc) is 1.84. The van der Waals surface area contributed by atoms with Gasteiger partial charge in [-0.15, -0.1) is 0 Å². The molecule has 0 amide bonds. The number of hydrogen-bond donors (Lipinski definition) is 2. The number of rotatable bonds is 3. The van der Waals surface area contributed by atoms with E-state index in [-0.39, 0.29) is 5.78 Å². The zero-order valence-corrected chi connectivity index (χ0v) is 5.87. The van der Waals surface area contributed by atoms with Crippen LogP contribution < -0.4 is 0 Å². The van der Waals surface area contributed by atoms with Crippen molar-refractivity contribution in [3.63, 3.8) is 0 Å². The normalized spacial score (nSPS) is 15.9. The van der Waals surface area contributed by atoms with Crippen LogP contribution in [-0.2, 0) is 9.59 Å². The van der Waals surface area contributed by atoms with E-state index in [4.69, 9.17) is 10.2 Å². The smallest absolute Gasteiger partial charge is 0.333 e. The number of aliphatic hydroxyl groups is 1. The zero-order chi connectivity index (χ0) is 8.31. The second kappa shape index (κ2) is 3.31. The molecule has 58 valence electrons. The third kappa shape index (κ3) is 2.14. The minimum absolute atomic E-state index is 0.324. The van der Waals surface area contributed by atoms with Crippen LogP contribution in [0.2, 0.25) is 0 Å². The van der Waals surface area contributed by atoms with Crippen LogP contribution in [0.3, 0.4) is 0 Å². The molecule has 0 saturated heterocycles.